The lowest BCUT2D eigenvalue weighted by Gasteiger charge is -2.44. The van der Waals surface area contributed by atoms with Crippen molar-refractivity contribution < 1.29 is 40.2 Å². The smallest absolute Gasteiger partial charge is 0.321 e. The molecule has 0 aromatic carbocycles. The van der Waals surface area contributed by atoms with E-state index in [-0.39, 0.29) is 13.0 Å². The zero-order chi connectivity index (χ0) is 15.0. The van der Waals surface area contributed by atoms with Gasteiger partial charge < -0.3 is 35.4 Å². The molecular formula is C11H19NO8. The fraction of sp³-hybridized carbons (Fsp3) is 0.909. The van der Waals surface area contributed by atoms with Gasteiger partial charge in [0.25, 0.3) is 0 Å². The Morgan fingerprint density at radius 2 is 1.80 bits per heavy atom. The molecule has 2 aliphatic heterocycles. The van der Waals surface area contributed by atoms with Crippen LogP contribution in [0.5, 0.6) is 0 Å². The molecule has 2 heterocycles. The topological polar surface area (TPSA) is 151 Å². The van der Waals surface area contributed by atoms with Crippen molar-refractivity contribution in [2.24, 2.45) is 0 Å². The van der Waals surface area contributed by atoms with E-state index in [0.717, 1.165) is 0 Å². The van der Waals surface area contributed by atoms with E-state index in [1.165, 1.54) is 4.90 Å². The van der Waals surface area contributed by atoms with E-state index in [1.54, 1.807) is 0 Å². The number of β-amino-alcohol motifs (C(OH)–C–C–N with tert-alkyl or cyclic N) is 1. The van der Waals surface area contributed by atoms with Crippen LogP contribution in [0.2, 0.25) is 0 Å². The van der Waals surface area contributed by atoms with Gasteiger partial charge in [-0.3, -0.25) is 9.69 Å². The summed E-state index contributed by atoms with van der Waals surface area (Å²) in [5.74, 6) is -1.18. The number of aliphatic carboxylic acids is 1. The first-order chi connectivity index (χ1) is 9.36. The minimum Gasteiger partial charge on any atom is -0.480 e. The summed E-state index contributed by atoms with van der Waals surface area (Å²) >= 11 is 0. The van der Waals surface area contributed by atoms with Crippen LogP contribution in [-0.2, 0) is 9.53 Å². The zero-order valence-electron chi connectivity index (χ0n) is 10.6. The predicted molar refractivity (Wildman–Crippen MR) is 62.5 cm³/mol. The molecule has 0 aliphatic carbocycles. The van der Waals surface area contributed by atoms with E-state index in [1.807, 2.05) is 0 Å². The maximum Gasteiger partial charge on any atom is 0.321 e. The van der Waals surface area contributed by atoms with Crippen molar-refractivity contribution in [2.75, 3.05) is 13.2 Å². The molecule has 2 aliphatic rings. The lowest BCUT2D eigenvalue weighted by molar-refractivity contribution is -0.267. The molecule has 20 heavy (non-hydrogen) atoms. The van der Waals surface area contributed by atoms with Gasteiger partial charge in [-0.1, -0.05) is 0 Å². The quantitative estimate of drug-likeness (QED) is 0.309. The first-order valence-corrected chi connectivity index (χ1v) is 6.34. The Hall–Kier alpha value is -0.810. The number of carboxylic acids is 1. The maximum absolute atomic E-state index is 11.2. The molecule has 0 bridgehead atoms. The highest BCUT2D eigenvalue weighted by atomic mass is 16.6. The van der Waals surface area contributed by atoms with Crippen LogP contribution in [0, 0.1) is 0 Å². The van der Waals surface area contributed by atoms with E-state index in [2.05, 4.69) is 0 Å². The second-order valence-corrected chi connectivity index (χ2v) is 5.16. The average molecular weight is 293 g/mol. The van der Waals surface area contributed by atoms with Crippen LogP contribution in [0.1, 0.15) is 6.42 Å². The van der Waals surface area contributed by atoms with Gasteiger partial charge in [-0.2, -0.15) is 0 Å². The first-order valence-electron chi connectivity index (χ1n) is 6.34. The van der Waals surface area contributed by atoms with E-state index >= 15 is 0 Å². The van der Waals surface area contributed by atoms with Gasteiger partial charge in [-0.15, -0.1) is 0 Å². The number of carboxylic acid groups (broad SMARTS) is 1. The molecule has 6 N–H and O–H groups in total. The van der Waals surface area contributed by atoms with Crippen LogP contribution in [0.3, 0.4) is 0 Å². The summed E-state index contributed by atoms with van der Waals surface area (Å²) in [5, 5.41) is 57.1. The summed E-state index contributed by atoms with van der Waals surface area (Å²) in [7, 11) is 0. The van der Waals surface area contributed by atoms with Crippen molar-refractivity contribution in [1.29, 1.82) is 0 Å². The van der Waals surface area contributed by atoms with Gasteiger partial charge in [0.1, 0.15) is 36.7 Å². The van der Waals surface area contributed by atoms with Crippen molar-refractivity contribution in [2.45, 2.75) is 49.2 Å². The Morgan fingerprint density at radius 3 is 2.35 bits per heavy atom. The van der Waals surface area contributed by atoms with Gasteiger partial charge in [0.15, 0.2) is 0 Å². The van der Waals surface area contributed by atoms with Crippen LogP contribution >= 0.6 is 0 Å². The molecule has 0 aromatic rings. The third-order valence-corrected chi connectivity index (χ3v) is 3.80. The lowest BCUT2D eigenvalue weighted by atomic mass is 9.97. The molecule has 2 rings (SSSR count). The van der Waals surface area contributed by atoms with Gasteiger partial charge in [0, 0.05) is 13.0 Å². The van der Waals surface area contributed by atoms with E-state index < -0.39 is 55.4 Å². The highest BCUT2D eigenvalue weighted by Crippen LogP contribution is 2.29. The standard InChI is InChI=1S/C11H19NO8/c13-3-6-7(15)8(16)9(17)10(20-6)12-2-4(14)1-5(12)11(18)19/h4-10,13-17H,1-3H2,(H,18,19)/t4-,5+,6-,7+,8+,9-,10?/m1/s1. The van der Waals surface area contributed by atoms with Crippen LogP contribution in [0.15, 0.2) is 0 Å². The Kier molecular flexibility index (Phi) is 4.59. The van der Waals surface area contributed by atoms with E-state index in [0.29, 0.717) is 0 Å². The molecule has 2 fully saturated rings. The van der Waals surface area contributed by atoms with Gasteiger partial charge in [0.05, 0.1) is 12.7 Å². The largest absolute Gasteiger partial charge is 0.480 e. The summed E-state index contributed by atoms with van der Waals surface area (Å²) in [4.78, 5) is 12.4. The van der Waals surface area contributed by atoms with Gasteiger partial charge in [0.2, 0.25) is 0 Å². The molecule has 0 radical (unpaired) electrons. The van der Waals surface area contributed by atoms with Crippen LogP contribution < -0.4 is 0 Å². The maximum atomic E-state index is 11.2. The Balaban J connectivity index is 2.19. The number of ether oxygens (including phenoxy) is 1. The molecule has 116 valence electrons. The molecule has 0 amide bonds. The summed E-state index contributed by atoms with van der Waals surface area (Å²) < 4.78 is 5.28. The second-order valence-electron chi connectivity index (χ2n) is 5.16. The summed E-state index contributed by atoms with van der Waals surface area (Å²) in [6.07, 6.45) is -7.84. The van der Waals surface area contributed by atoms with Crippen molar-refractivity contribution >= 4 is 5.97 Å². The molecule has 1 unspecified atom stereocenters. The molecular weight excluding hydrogens is 274 g/mol. The number of likely N-dealkylation sites (tertiary alicyclic amines) is 1. The van der Waals surface area contributed by atoms with Crippen molar-refractivity contribution in [3.05, 3.63) is 0 Å². The number of hydrogen-bond donors (Lipinski definition) is 6. The van der Waals surface area contributed by atoms with Crippen molar-refractivity contribution in [3.8, 4) is 0 Å². The third kappa shape index (κ3) is 2.66. The highest BCUT2D eigenvalue weighted by Gasteiger charge is 2.50. The Bertz CT molecular complexity index is 364. The first kappa shape index (κ1) is 15.6. The molecule has 7 atom stereocenters. The number of hydrogen-bond acceptors (Lipinski definition) is 8. The number of rotatable bonds is 3. The fourth-order valence-electron chi connectivity index (χ4n) is 2.72. The number of nitrogens with zero attached hydrogens (tertiary/aromatic N) is 1. The predicted octanol–water partition coefficient (Wildman–Crippen LogP) is -3.69. The Labute approximate surface area is 114 Å². The monoisotopic (exact) mass is 293 g/mol. The molecule has 0 aromatic heterocycles. The normalized spacial score (nSPS) is 46.5. The van der Waals surface area contributed by atoms with Crippen molar-refractivity contribution in [1.82, 2.24) is 4.90 Å². The van der Waals surface area contributed by atoms with E-state index in [9.17, 15) is 25.2 Å². The van der Waals surface area contributed by atoms with Gasteiger partial charge >= 0.3 is 5.97 Å². The summed E-state index contributed by atoms with van der Waals surface area (Å²) in [6, 6.07) is -1.06. The number of carbonyl (C=O) groups is 1. The fourth-order valence-corrected chi connectivity index (χ4v) is 2.72. The Morgan fingerprint density at radius 1 is 1.15 bits per heavy atom. The number of aliphatic hydroxyl groups is 5. The third-order valence-electron chi connectivity index (χ3n) is 3.80. The highest BCUT2D eigenvalue weighted by molar-refractivity contribution is 5.74. The van der Waals surface area contributed by atoms with Crippen LogP contribution in [0.25, 0.3) is 0 Å². The lowest BCUT2D eigenvalue weighted by Crippen LogP contribution is -2.64. The van der Waals surface area contributed by atoms with Gasteiger partial charge in [-0.05, 0) is 0 Å². The zero-order valence-corrected chi connectivity index (χ0v) is 10.6. The van der Waals surface area contributed by atoms with Crippen molar-refractivity contribution in [3.63, 3.8) is 0 Å². The average Bonchev–Trinajstić information content (AvgIpc) is 2.78. The molecule has 0 spiro atoms. The number of aliphatic hydroxyl groups excluding tert-OH is 5. The second kappa shape index (κ2) is 5.90. The minimum atomic E-state index is -1.57. The molecule has 0 saturated carbocycles. The molecule has 9 nitrogen and oxygen atoms in total. The minimum absolute atomic E-state index is 0.0235. The van der Waals surface area contributed by atoms with Crippen LogP contribution in [-0.4, -0.2) is 97.4 Å². The van der Waals surface area contributed by atoms with Crippen LogP contribution in [0.4, 0.5) is 0 Å². The summed E-state index contributed by atoms with van der Waals surface area (Å²) in [6.45, 7) is -0.630. The summed E-state index contributed by atoms with van der Waals surface area (Å²) in [5.41, 5.74) is 0. The molecule has 9 heteroatoms. The van der Waals surface area contributed by atoms with Gasteiger partial charge in [-0.25, -0.2) is 0 Å². The molecule has 2 saturated heterocycles. The van der Waals surface area contributed by atoms with E-state index in [4.69, 9.17) is 14.9 Å². The SMILES string of the molecule is O=C(O)[C@@H]1C[C@@H](O)CN1C1O[C@H](CO)[C@H](O)[C@H](O)[C@H]1O.